The van der Waals surface area contributed by atoms with Gasteiger partial charge in [0, 0.05) is 0 Å². The van der Waals surface area contributed by atoms with Crippen LogP contribution in [-0.4, -0.2) is 33.7 Å². The van der Waals surface area contributed by atoms with E-state index in [1.165, 1.54) is 16.9 Å². The lowest BCUT2D eigenvalue weighted by molar-refractivity contribution is -0.179. The number of carbonyl (C=O) groups excluding carboxylic acids is 1. The minimum atomic E-state index is -5.09. The zero-order valence-electron chi connectivity index (χ0n) is 10.6. The summed E-state index contributed by atoms with van der Waals surface area (Å²) in [4.78, 5) is 10.7. The predicted octanol–water partition coefficient (Wildman–Crippen LogP) is 1.38. The molecular formula is C11H12F3NO4S. The first kappa shape index (κ1) is 16.4. The van der Waals surface area contributed by atoms with E-state index in [0.717, 1.165) is 24.8 Å². The predicted molar refractivity (Wildman–Crippen MR) is 63.4 cm³/mol. The van der Waals surface area contributed by atoms with Crippen molar-refractivity contribution in [3.63, 3.8) is 0 Å². The zero-order valence-corrected chi connectivity index (χ0v) is 11.4. The van der Waals surface area contributed by atoms with E-state index in [0.29, 0.717) is 0 Å². The van der Waals surface area contributed by atoms with E-state index in [1.807, 2.05) is 0 Å². The third-order valence-electron chi connectivity index (χ3n) is 2.37. The van der Waals surface area contributed by atoms with Crippen molar-refractivity contribution in [1.29, 1.82) is 0 Å². The maximum Gasteiger partial charge on any atom is 0.415 e. The van der Waals surface area contributed by atoms with Crippen LogP contribution in [0.5, 0.6) is 0 Å². The summed E-state index contributed by atoms with van der Waals surface area (Å²) in [6.45, 7) is 1.69. The van der Waals surface area contributed by atoms with Gasteiger partial charge in [0.05, 0.1) is 12.0 Å². The van der Waals surface area contributed by atoms with E-state index in [-0.39, 0.29) is 4.90 Å². The van der Waals surface area contributed by atoms with Crippen LogP contribution in [0, 0.1) is 6.92 Å². The normalized spacial score (nSPS) is 13.8. The number of nitrogens with one attached hydrogen (secondary N) is 1. The molecule has 0 aliphatic heterocycles. The van der Waals surface area contributed by atoms with Gasteiger partial charge in [0.2, 0.25) is 16.1 Å². The van der Waals surface area contributed by atoms with Gasteiger partial charge in [-0.15, -0.1) is 0 Å². The van der Waals surface area contributed by atoms with E-state index in [9.17, 15) is 26.4 Å². The molecule has 0 amide bonds. The number of benzene rings is 1. The van der Waals surface area contributed by atoms with E-state index in [2.05, 4.69) is 4.74 Å². The summed E-state index contributed by atoms with van der Waals surface area (Å²) in [7, 11) is -3.75. The molecule has 0 aliphatic carbocycles. The van der Waals surface area contributed by atoms with Crippen LogP contribution in [0.15, 0.2) is 29.2 Å². The highest BCUT2D eigenvalue weighted by atomic mass is 32.2. The first-order chi connectivity index (χ1) is 9.08. The average Bonchev–Trinajstić information content (AvgIpc) is 2.34. The molecule has 0 unspecified atom stereocenters. The Morgan fingerprint density at radius 3 is 2.15 bits per heavy atom. The Hall–Kier alpha value is -1.61. The molecule has 1 N–H and O–H groups in total. The Labute approximate surface area is 113 Å². The molecule has 0 aliphatic rings. The summed E-state index contributed by atoms with van der Waals surface area (Å²) >= 11 is 0. The second-order valence-electron chi connectivity index (χ2n) is 3.93. The van der Waals surface area contributed by atoms with Gasteiger partial charge >= 0.3 is 12.1 Å². The number of aryl methyl sites for hydroxylation is 1. The van der Waals surface area contributed by atoms with Crippen molar-refractivity contribution in [1.82, 2.24) is 4.72 Å². The van der Waals surface area contributed by atoms with Crippen LogP contribution >= 0.6 is 0 Å². The molecule has 0 saturated carbocycles. The van der Waals surface area contributed by atoms with Crippen LogP contribution in [0.3, 0.4) is 0 Å². The molecule has 9 heteroatoms. The molecular weight excluding hydrogens is 299 g/mol. The highest BCUT2D eigenvalue weighted by Crippen LogP contribution is 2.23. The van der Waals surface area contributed by atoms with Gasteiger partial charge in [0.15, 0.2) is 0 Å². The van der Waals surface area contributed by atoms with Gasteiger partial charge in [-0.05, 0) is 19.1 Å². The topological polar surface area (TPSA) is 72.5 Å². The standard InChI is InChI=1S/C11H12F3NO4S/c1-7-3-5-8(6-4-7)20(17,18)15-9(10(16)19-2)11(12,13)14/h3-6,9,15H,1-2H3/t9-/m1/s1. The highest BCUT2D eigenvalue weighted by molar-refractivity contribution is 7.89. The van der Waals surface area contributed by atoms with Crippen molar-refractivity contribution in [2.45, 2.75) is 24.0 Å². The molecule has 0 heterocycles. The summed E-state index contributed by atoms with van der Waals surface area (Å²) in [5.74, 6) is -1.73. The maximum absolute atomic E-state index is 12.6. The average molecular weight is 311 g/mol. The second kappa shape index (κ2) is 5.80. The minimum Gasteiger partial charge on any atom is -0.468 e. The monoisotopic (exact) mass is 311 g/mol. The van der Waals surface area contributed by atoms with Gasteiger partial charge in [0.1, 0.15) is 0 Å². The molecule has 112 valence electrons. The fourth-order valence-corrected chi connectivity index (χ4v) is 2.48. The van der Waals surface area contributed by atoms with Crippen LogP contribution in [-0.2, 0) is 19.6 Å². The molecule has 5 nitrogen and oxygen atoms in total. The van der Waals surface area contributed by atoms with Crippen molar-refractivity contribution in [3.8, 4) is 0 Å². The number of ether oxygens (including phenoxy) is 1. The SMILES string of the molecule is COC(=O)[C@@H](NS(=O)(=O)c1ccc(C)cc1)C(F)(F)F. The number of halogens is 3. The van der Waals surface area contributed by atoms with Crippen molar-refractivity contribution in [2.24, 2.45) is 0 Å². The third kappa shape index (κ3) is 3.94. The first-order valence-electron chi connectivity index (χ1n) is 5.31. The molecule has 0 radical (unpaired) electrons. The van der Waals surface area contributed by atoms with Gasteiger partial charge in [0.25, 0.3) is 0 Å². The summed E-state index contributed by atoms with van der Waals surface area (Å²) in [6, 6.07) is 2.19. The third-order valence-corrected chi connectivity index (χ3v) is 3.81. The first-order valence-corrected chi connectivity index (χ1v) is 6.80. The molecule has 20 heavy (non-hydrogen) atoms. The number of hydrogen-bond donors (Lipinski definition) is 1. The van der Waals surface area contributed by atoms with Gasteiger partial charge < -0.3 is 4.74 Å². The van der Waals surface area contributed by atoms with Crippen molar-refractivity contribution in [2.75, 3.05) is 7.11 Å². The fourth-order valence-electron chi connectivity index (χ4n) is 1.31. The van der Waals surface area contributed by atoms with Gasteiger partial charge in [-0.25, -0.2) is 13.2 Å². The van der Waals surface area contributed by atoms with Crippen LogP contribution in [0.25, 0.3) is 0 Å². The summed E-state index contributed by atoms with van der Waals surface area (Å²) in [5.41, 5.74) is 0.740. The number of rotatable bonds is 4. The van der Waals surface area contributed by atoms with E-state index in [4.69, 9.17) is 0 Å². The second-order valence-corrected chi connectivity index (χ2v) is 5.65. The van der Waals surface area contributed by atoms with Crippen LogP contribution in [0.2, 0.25) is 0 Å². The zero-order chi connectivity index (χ0) is 15.6. The quantitative estimate of drug-likeness (QED) is 0.853. The minimum absolute atomic E-state index is 0.374. The molecule has 0 fully saturated rings. The summed E-state index contributed by atoms with van der Waals surface area (Å²) in [6.07, 6.45) is -5.09. The lowest BCUT2D eigenvalue weighted by atomic mass is 10.2. The largest absolute Gasteiger partial charge is 0.468 e. The Morgan fingerprint density at radius 2 is 1.75 bits per heavy atom. The number of esters is 1. The lowest BCUT2D eigenvalue weighted by Crippen LogP contribution is -2.51. The van der Waals surface area contributed by atoms with Crippen LogP contribution in [0.1, 0.15) is 5.56 Å². The van der Waals surface area contributed by atoms with Crippen molar-refractivity contribution >= 4 is 16.0 Å². The Morgan fingerprint density at radius 1 is 1.25 bits per heavy atom. The number of hydrogen-bond acceptors (Lipinski definition) is 4. The lowest BCUT2D eigenvalue weighted by Gasteiger charge is -2.19. The van der Waals surface area contributed by atoms with Gasteiger partial charge in [-0.3, -0.25) is 0 Å². The molecule has 0 aromatic heterocycles. The number of methoxy groups -OCH3 is 1. The Kier molecular flexibility index (Phi) is 4.77. The number of alkyl halides is 3. The van der Waals surface area contributed by atoms with Crippen molar-refractivity contribution < 1.29 is 31.1 Å². The molecule has 0 spiro atoms. The molecule has 1 rings (SSSR count). The molecule has 1 atom stereocenters. The molecule has 0 bridgehead atoms. The van der Waals surface area contributed by atoms with Crippen molar-refractivity contribution in [3.05, 3.63) is 29.8 Å². The fraction of sp³-hybridized carbons (Fsp3) is 0.364. The summed E-state index contributed by atoms with van der Waals surface area (Å²) < 4.78 is 66.8. The molecule has 1 aromatic carbocycles. The van der Waals surface area contributed by atoms with E-state index < -0.39 is 28.2 Å². The van der Waals surface area contributed by atoms with Gasteiger partial charge in [-0.2, -0.15) is 17.9 Å². The van der Waals surface area contributed by atoms with Crippen LogP contribution < -0.4 is 4.72 Å². The molecule has 0 saturated heterocycles. The van der Waals surface area contributed by atoms with E-state index in [1.54, 1.807) is 6.92 Å². The Balaban J connectivity index is 3.09. The number of sulfonamides is 1. The molecule has 1 aromatic rings. The van der Waals surface area contributed by atoms with Gasteiger partial charge in [-0.1, -0.05) is 17.7 Å². The summed E-state index contributed by atoms with van der Waals surface area (Å²) in [5, 5.41) is 0. The highest BCUT2D eigenvalue weighted by Gasteiger charge is 2.48. The Bertz CT molecular complexity index is 581. The van der Waals surface area contributed by atoms with Crippen LogP contribution in [0.4, 0.5) is 13.2 Å². The maximum atomic E-state index is 12.6. The van der Waals surface area contributed by atoms with E-state index >= 15 is 0 Å². The number of carbonyl (C=O) groups is 1. The smallest absolute Gasteiger partial charge is 0.415 e.